The van der Waals surface area contributed by atoms with Crippen molar-refractivity contribution in [2.45, 2.75) is 50.0 Å². The van der Waals surface area contributed by atoms with Crippen LogP contribution < -0.4 is 15.0 Å². The van der Waals surface area contributed by atoms with Crippen LogP contribution in [0.4, 0.5) is 19.0 Å². The number of hydrogen-bond acceptors (Lipinski definition) is 8. The molecule has 0 spiro atoms. The normalized spacial score (nSPS) is 25.0. The number of hydrogen-bond donors (Lipinski definition) is 2. The van der Waals surface area contributed by atoms with Crippen molar-refractivity contribution in [3.8, 4) is 35.2 Å². The van der Waals surface area contributed by atoms with Crippen LogP contribution in [0.1, 0.15) is 31.2 Å². The summed E-state index contributed by atoms with van der Waals surface area (Å²) in [6, 6.07) is 9.80. The van der Waals surface area contributed by atoms with Crippen LogP contribution in [0.3, 0.4) is 0 Å². The predicted molar refractivity (Wildman–Crippen MR) is 173 cm³/mol. The Kier molecular flexibility index (Phi) is 7.43. The van der Waals surface area contributed by atoms with E-state index in [1.807, 2.05) is 0 Å². The number of piperazine rings is 1. The van der Waals surface area contributed by atoms with E-state index in [0.717, 1.165) is 25.7 Å². The van der Waals surface area contributed by atoms with Gasteiger partial charge in [0.15, 0.2) is 5.82 Å². The minimum atomic E-state index is -1.03. The summed E-state index contributed by atoms with van der Waals surface area (Å²) in [5.41, 5.74) is -0.0129. The van der Waals surface area contributed by atoms with Crippen molar-refractivity contribution in [1.82, 2.24) is 20.2 Å². The molecule has 4 fully saturated rings. The second-order valence-electron chi connectivity index (χ2n) is 13.6. The predicted octanol–water partition coefficient (Wildman–Crippen LogP) is 5.18. The van der Waals surface area contributed by atoms with Gasteiger partial charge in [-0.25, -0.2) is 13.2 Å². The van der Waals surface area contributed by atoms with Crippen LogP contribution in [0.2, 0.25) is 0 Å². The summed E-state index contributed by atoms with van der Waals surface area (Å²) >= 11 is 0. The van der Waals surface area contributed by atoms with Crippen LogP contribution >= 0.6 is 0 Å². The minimum Gasteiger partial charge on any atom is -0.508 e. The third-order valence-electron chi connectivity index (χ3n) is 10.3. The number of aromatic hydroxyl groups is 1. The number of aromatic nitrogens is 2. The van der Waals surface area contributed by atoms with Gasteiger partial charge in [0.25, 0.3) is 0 Å². The second-order valence-corrected chi connectivity index (χ2v) is 13.6. The van der Waals surface area contributed by atoms with E-state index >= 15 is 8.78 Å². The molecule has 0 radical (unpaired) electrons. The van der Waals surface area contributed by atoms with Crippen LogP contribution in [0, 0.1) is 29.4 Å². The molecule has 4 heterocycles. The molecule has 1 aliphatic carbocycles. The Bertz CT molecular complexity index is 1920. The van der Waals surface area contributed by atoms with Gasteiger partial charge in [0.2, 0.25) is 0 Å². The molecule has 2 bridgehead atoms. The summed E-state index contributed by atoms with van der Waals surface area (Å²) < 4.78 is 59.0. The third-order valence-corrected chi connectivity index (χ3v) is 10.3. The maximum Gasteiger partial charge on any atom is 0.319 e. The van der Waals surface area contributed by atoms with Crippen molar-refractivity contribution < 1.29 is 27.8 Å². The molecule has 2 unspecified atom stereocenters. The highest BCUT2D eigenvalue weighted by atomic mass is 19.1. The van der Waals surface area contributed by atoms with Crippen molar-refractivity contribution >= 4 is 27.5 Å². The fraction of sp³-hybridized carbons (Fsp3) is 0.444. The molecule has 4 aliphatic rings. The molecule has 47 heavy (non-hydrogen) atoms. The average Bonchev–Trinajstić information content (AvgIpc) is 3.61. The van der Waals surface area contributed by atoms with Gasteiger partial charge in [-0.2, -0.15) is 9.97 Å². The first-order chi connectivity index (χ1) is 22.7. The maximum atomic E-state index is 16.9. The molecule has 2 N–H and O–H groups in total. The van der Waals surface area contributed by atoms with E-state index in [0.29, 0.717) is 54.9 Å². The lowest BCUT2D eigenvalue weighted by Crippen LogP contribution is -2.51. The van der Waals surface area contributed by atoms with Crippen molar-refractivity contribution in [1.29, 1.82) is 0 Å². The molecule has 1 aromatic heterocycles. The summed E-state index contributed by atoms with van der Waals surface area (Å²) in [6.45, 7) is 3.05. The van der Waals surface area contributed by atoms with Crippen LogP contribution in [0.5, 0.6) is 11.8 Å². The maximum absolute atomic E-state index is 16.9. The van der Waals surface area contributed by atoms with Gasteiger partial charge in [0.05, 0.1) is 12.2 Å². The highest BCUT2D eigenvalue weighted by molar-refractivity contribution is 6.04. The molecular formula is C36H36F3N5O3. The first-order valence-corrected chi connectivity index (χ1v) is 16.2. The van der Waals surface area contributed by atoms with E-state index in [9.17, 15) is 9.50 Å². The van der Waals surface area contributed by atoms with Crippen molar-refractivity contribution in [3.63, 3.8) is 0 Å². The Morgan fingerprint density at radius 1 is 1.09 bits per heavy atom. The number of halogens is 3. The molecule has 11 heteroatoms. The van der Waals surface area contributed by atoms with E-state index in [2.05, 4.69) is 26.0 Å². The molecule has 3 aromatic carbocycles. The third kappa shape index (κ3) is 5.42. The molecule has 0 amide bonds. The quantitative estimate of drug-likeness (QED) is 0.254. The van der Waals surface area contributed by atoms with Gasteiger partial charge in [0.1, 0.15) is 35.2 Å². The summed E-state index contributed by atoms with van der Waals surface area (Å²) in [6.07, 6.45) is 8.17. The fourth-order valence-electron chi connectivity index (χ4n) is 7.79. The molecule has 3 saturated heterocycles. The standard InChI is InChI=1S/C36H36F3N5O3/c1-3-20-5-4-6-21-11-24(45)12-25(30(20)21)31-27(37)13-26-33(32(31)39)41-35(42-34(26)44-14-22-7-8-23(15-44)40-22)47-19-36(9-10-36)18-43-16-28(38)29(17-43)46-2/h1,4-6,11-13,22-23,28-29,40,45H,7-10,14-19H2,2H3/t22?,23?,28-,29-/m0/s1. The monoisotopic (exact) mass is 643 g/mol. The van der Waals surface area contributed by atoms with E-state index in [4.69, 9.17) is 20.9 Å². The zero-order valence-corrected chi connectivity index (χ0v) is 26.1. The van der Waals surface area contributed by atoms with E-state index < -0.39 is 23.9 Å². The van der Waals surface area contributed by atoms with Crippen LogP contribution in [-0.2, 0) is 4.74 Å². The Hall–Kier alpha value is -4.11. The minimum absolute atomic E-state index is 0.00533. The van der Waals surface area contributed by atoms with Crippen molar-refractivity contribution in [2.24, 2.45) is 5.41 Å². The Morgan fingerprint density at radius 3 is 2.57 bits per heavy atom. The second kappa shape index (κ2) is 11.5. The number of anilines is 1. The van der Waals surface area contributed by atoms with Gasteiger partial charge in [-0.3, -0.25) is 4.90 Å². The highest BCUT2D eigenvalue weighted by Crippen LogP contribution is 2.47. The van der Waals surface area contributed by atoms with Crippen LogP contribution in [0.25, 0.3) is 32.8 Å². The lowest BCUT2D eigenvalue weighted by molar-refractivity contribution is 0.0612. The number of nitrogens with one attached hydrogen (secondary N) is 1. The van der Waals surface area contributed by atoms with Gasteiger partial charge in [0, 0.05) is 79.2 Å². The van der Waals surface area contributed by atoms with Gasteiger partial charge in [-0.05, 0) is 55.3 Å². The Balaban J connectivity index is 1.21. The fourth-order valence-corrected chi connectivity index (χ4v) is 7.79. The zero-order valence-electron chi connectivity index (χ0n) is 26.1. The van der Waals surface area contributed by atoms with Crippen LogP contribution in [0.15, 0.2) is 36.4 Å². The molecule has 8 nitrogen and oxygen atoms in total. The number of fused-ring (bicyclic) bond motifs is 4. The molecule has 8 rings (SSSR count). The number of terminal acetylenes is 1. The largest absolute Gasteiger partial charge is 0.508 e. The van der Waals surface area contributed by atoms with Gasteiger partial charge >= 0.3 is 6.01 Å². The van der Waals surface area contributed by atoms with Crippen LogP contribution in [-0.4, -0.2) is 90.8 Å². The van der Waals surface area contributed by atoms with Gasteiger partial charge in [-0.15, -0.1) is 6.42 Å². The lowest BCUT2D eigenvalue weighted by atomic mass is 9.93. The topological polar surface area (TPSA) is 83.0 Å². The number of phenolic OH excluding ortho intramolecular Hbond substituents is 1. The summed E-state index contributed by atoms with van der Waals surface area (Å²) in [5.74, 6) is 1.18. The summed E-state index contributed by atoms with van der Waals surface area (Å²) in [7, 11) is 1.53. The first kappa shape index (κ1) is 30.2. The molecule has 244 valence electrons. The number of methoxy groups -OCH3 is 1. The van der Waals surface area contributed by atoms with Gasteiger partial charge < -0.3 is 24.8 Å². The Labute approximate surface area is 270 Å². The number of rotatable bonds is 8. The number of nitrogens with zero attached hydrogens (tertiary/aromatic N) is 4. The number of alkyl halides is 1. The number of ether oxygens (including phenoxy) is 2. The number of likely N-dealkylation sites (tertiary alicyclic amines) is 1. The summed E-state index contributed by atoms with van der Waals surface area (Å²) in [4.78, 5) is 13.4. The number of phenols is 1. The molecule has 3 aliphatic heterocycles. The van der Waals surface area contributed by atoms with E-state index in [-0.39, 0.29) is 57.9 Å². The smallest absolute Gasteiger partial charge is 0.319 e. The molecule has 4 aromatic rings. The molecule has 4 atom stereocenters. The summed E-state index contributed by atoms with van der Waals surface area (Å²) in [5, 5.41) is 15.4. The number of benzene rings is 3. The lowest BCUT2D eigenvalue weighted by Gasteiger charge is -2.34. The first-order valence-electron chi connectivity index (χ1n) is 16.2. The highest BCUT2D eigenvalue weighted by Gasteiger charge is 2.47. The SMILES string of the molecule is C#Cc1cccc2cc(O)cc(-c3c(F)cc4c(N5CC6CCC(C5)N6)nc(OCC5(CN6C[C@H](OC)[C@@H](F)C6)CC5)nc4c3F)c12. The Morgan fingerprint density at radius 2 is 1.87 bits per heavy atom. The average molecular weight is 644 g/mol. The van der Waals surface area contributed by atoms with Crippen molar-refractivity contribution in [3.05, 3.63) is 53.6 Å². The van der Waals surface area contributed by atoms with E-state index in [1.165, 1.54) is 25.3 Å². The molecular weight excluding hydrogens is 607 g/mol. The molecule has 1 saturated carbocycles. The van der Waals surface area contributed by atoms with Crippen molar-refractivity contribution in [2.75, 3.05) is 51.3 Å². The van der Waals surface area contributed by atoms with Gasteiger partial charge in [-0.1, -0.05) is 18.1 Å². The van der Waals surface area contributed by atoms with E-state index in [1.54, 1.807) is 18.2 Å². The zero-order chi connectivity index (χ0) is 32.4.